The van der Waals surface area contributed by atoms with Crippen molar-refractivity contribution < 1.29 is 0 Å². The first-order chi connectivity index (χ1) is 10.8. The summed E-state index contributed by atoms with van der Waals surface area (Å²) in [5.41, 5.74) is 3.60. The maximum absolute atomic E-state index is 5.50. The Hall–Kier alpha value is -1.88. The fourth-order valence-electron chi connectivity index (χ4n) is 2.28. The summed E-state index contributed by atoms with van der Waals surface area (Å²) in [7, 11) is 0. The molecule has 1 unspecified atom stereocenters. The summed E-state index contributed by atoms with van der Waals surface area (Å²) in [4.78, 5) is 0. The highest BCUT2D eigenvalue weighted by Gasteiger charge is 2.26. The van der Waals surface area contributed by atoms with Crippen molar-refractivity contribution in [2.45, 2.75) is 47.2 Å². The number of nitrogens with zero attached hydrogens (tertiary/aromatic N) is 2. The van der Waals surface area contributed by atoms with Crippen LogP contribution in [-0.4, -0.2) is 20.9 Å². The fourth-order valence-corrected chi connectivity index (χ4v) is 2.54. The minimum atomic E-state index is 0.0564. The summed E-state index contributed by atoms with van der Waals surface area (Å²) in [6.07, 6.45) is 3.77. The van der Waals surface area contributed by atoms with Gasteiger partial charge in [-0.15, -0.1) is 0 Å². The van der Waals surface area contributed by atoms with E-state index in [1.165, 1.54) is 11.1 Å². The van der Waals surface area contributed by atoms with Crippen molar-refractivity contribution in [2.24, 2.45) is 5.41 Å². The van der Waals surface area contributed by atoms with Crippen molar-refractivity contribution in [1.29, 1.82) is 0 Å². The third-order valence-corrected chi connectivity index (χ3v) is 4.26. The number of hydrogen-bond donors (Lipinski definition) is 2. The lowest BCUT2D eigenvalue weighted by Gasteiger charge is -2.32. The van der Waals surface area contributed by atoms with Crippen LogP contribution in [0.15, 0.2) is 36.7 Å². The van der Waals surface area contributed by atoms with Gasteiger partial charge < -0.3 is 10.6 Å². The van der Waals surface area contributed by atoms with E-state index in [1.54, 1.807) is 6.20 Å². The predicted molar refractivity (Wildman–Crippen MR) is 101 cm³/mol. The van der Waals surface area contributed by atoms with Gasteiger partial charge in [0.05, 0.1) is 12.6 Å². The van der Waals surface area contributed by atoms with Crippen molar-refractivity contribution in [3.05, 3.63) is 47.8 Å². The lowest BCUT2D eigenvalue weighted by molar-refractivity contribution is 0.262. The highest BCUT2D eigenvalue weighted by molar-refractivity contribution is 7.80. The van der Waals surface area contributed by atoms with Gasteiger partial charge in [0.15, 0.2) is 5.11 Å². The second-order valence-electron chi connectivity index (χ2n) is 7.04. The Morgan fingerprint density at radius 1 is 1.26 bits per heavy atom. The predicted octanol–water partition coefficient (Wildman–Crippen LogP) is 3.90. The second-order valence-corrected chi connectivity index (χ2v) is 7.45. The Bertz CT molecular complexity index is 656. The molecule has 2 rings (SSSR count). The Morgan fingerprint density at radius 2 is 2.00 bits per heavy atom. The molecule has 1 heterocycles. The van der Waals surface area contributed by atoms with E-state index in [-0.39, 0.29) is 11.5 Å². The van der Waals surface area contributed by atoms with E-state index in [1.807, 2.05) is 16.9 Å². The minimum absolute atomic E-state index is 0.0564. The molecule has 5 heteroatoms. The van der Waals surface area contributed by atoms with Crippen LogP contribution in [0.3, 0.4) is 0 Å². The molecule has 0 fully saturated rings. The molecule has 1 atom stereocenters. The number of benzene rings is 1. The van der Waals surface area contributed by atoms with Gasteiger partial charge in [-0.05, 0) is 60.8 Å². The maximum Gasteiger partial charge on any atom is 0.171 e. The molecular formula is C18H26N4S. The van der Waals surface area contributed by atoms with E-state index in [4.69, 9.17) is 12.2 Å². The molecule has 0 amide bonds. The first-order valence-corrected chi connectivity index (χ1v) is 8.29. The van der Waals surface area contributed by atoms with Gasteiger partial charge in [0.2, 0.25) is 0 Å². The summed E-state index contributed by atoms with van der Waals surface area (Å²) in [5.74, 6) is 0. The van der Waals surface area contributed by atoms with E-state index in [9.17, 15) is 0 Å². The van der Waals surface area contributed by atoms with Crippen LogP contribution in [0, 0.1) is 19.3 Å². The third-order valence-electron chi connectivity index (χ3n) is 4.04. The Kier molecular flexibility index (Phi) is 5.42. The number of hydrogen-bond acceptors (Lipinski definition) is 2. The highest BCUT2D eigenvalue weighted by Crippen LogP contribution is 2.21. The van der Waals surface area contributed by atoms with E-state index < -0.39 is 0 Å². The molecule has 0 aliphatic carbocycles. The number of thiocarbonyl (C=S) groups is 1. The molecule has 0 spiro atoms. The molecule has 124 valence electrons. The van der Waals surface area contributed by atoms with Crippen LogP contribution in [0.4, 0.5) is 5.69 Å². The van der Waals surface area contributed by atoms with Gasteiger partial charge in [-0.1, -0.05) is 26.8 Å². The summed E-state index contributed by atoms with van der Waals surface area (Å²) < 4.78 is 1.93. The number of aryl methyl sites for hydroxylation is 2. The van der Waals surface area contributed by atoms with E-state index in [2.05, 4.69) is 68.6 Å². The van der Waals surface area contributed by atoms with Crippen molar-refractivity contribution in [3.8, 4) is 0 Å². The van der Waals surface area contributed by atoms with E-state index in [0.29, 0.717) is 5.11 Å². The molecule has 0 saturated heterocycles. The number of nitrogens with one attached hydrogen (secondary N) is 2. The summed E-state index contributed by atoms with van der Waals surface area (Å²) in [6.45, 7) is 11.6. The van der Waals surface area contributed by atoms with Crippen LogP contribution >= 0.6 is 12.2 Å². The summed E-state index contributed by atoms with van der Waals surface area (Å²) >= 11 is 5.50. The third kappa shape index (κ3) is 5.06. The molecular weight excluding hydrogens is 304 g/mol. The number of rotatable bonds is 4. The quantitative estimate of drug-likeness (QED) is 0.834. The second kappa shape index (κ2) is 7.13. The first-order valence-electron chi connectivity index (χ1n) is 7.88. The molecule has 0 radical (unpaired) electrons. The molecule has 0 aliphatic rings. The normalized spacial score (nSPS) is 12.7. The van der Waals surface area contributed by atoms with Crippen molar-refractivity contribution >= 4 is 23.0 Å². The zero-order chi connectivity index (χ0) is 17.0. The van der Waals surface area contributed by atoms with Crippen molar-refractivity contribution in [1.82, 2.24) is 15.1 Å². The standard InChI is InChI=1S/C18H26N4S/c1-13-7-8-15(11-14(13)2)20-17(23)21-16(18(3,4)5)12-22-10-6-9-19-22/h6-11,16H,12H2,1-5H3,(H2,20,21,23). The van der Waals surface area contributed by atoms with Crippen LogP contribution in [0.25, 0.3) is 0 Å². The molecule has 2 N–H and O–H groups in total. The van der Waals surface area contributed by atoms with Crippen LogP contribution in [0.2, 0.25) is 0 Å². The fraction of sp³-hybridized carbons (Fsp3) is 0.444. The summed E-state index contributed by atoms with van der Waals surface area (Å²) in [6, 6.07) is 8.38. The van der Waals surface area contributed by atoms with Gasteiger partial charge in [0, 0.05) is 18.1 Å². The van der Waals surface area contributed by atoms with Crippen LogP contribution < -0.4 is 10.6 Å². The lowest BCUT2D eigenvalue weighted by atomic mass is 9.87. The van der Waals surface area contributed by atoms with Gasteiger partial charge >= 0.3 is 0 Å². The van der Waals surface area contributed by atoms with Gasteiger partial charge in [0.25, 0.3) is 0 Å². The highest BCUT2D eigenvalue weighted by atomic mass is 32.1. The number of anilines is 1. The van der Waals surface area contributed by atoms with Crippen LogP contribution in [0.5, 0.6) is 0 Å². The first kappa shape index (κ1) is 17.5. The van der Waals surface area contributed by atoms with Gasteiger partial charge in [-0.2, -0.15) is 5.10 Å². The maximum atomic E-state index is 5.50. The minimum Gasteiger partial charge on any atom is -0.357 e. The average Bonchev–Trinajstić information content (AvgIpc) is 2.94. The number of aromatic nitrogens is 2. The Balaban J connectivity index is 2.03. The molecule has 1 aromatic heterocycles. The largest absolute Gasteiger partial charge is 0.357 e. The summed E-state index contributed by atoms with van der Waals surface area (Å²) in [5, 5.41) is 11.7. The van der Waals surface area contributed by atoms with Crippen molar-refractivity contribution in [2.75, 3.05) is 5.32 Å². The van der Waals surface area contributed by atoms with Gasteiger partial charge in [0.1, 0.15) is 0 Å². The average molecular weight is 331 g/mol. The molecule has 0 bridgehead atoms. The van der Waals surface area contributed by atoms with Crippen molar-refractivity contribution in [3.63, 3.8) is 0 Å². The Morgan fingerprint density at radius 3 is 2.57 bits per heavy atom. The molecule has 4 nitrogen and oxygen atoms in total. The van der Waals surface area contributed by atoms with Crippen LogP contribution in [-0.2, 0) is 6.54 Å². The van der Waals surface area contributed by atoms with Gasteiger partial charge in [-0.3, -0.25) is 4.68 Å². The Labute approximate surface area is 144 Å². The van der Waals surface area contributed by atoms with Gasteiger partial charge in [-0.25, -0.2) is 0 Å². The molecule has 0 aliphatic heterocycles. The monoisotopic (exact) mass is 330 g/mol. The molecule has 2 aromatic rings. The lowest BCUT2D eigenvalue weighted by Crippen LogP contribution is -2.48. The smallest absolute Gasteiger partial charge is 0.171 e. The van der Waals surface area contributed by atoms with E-state index in [0.717, 1.165) is 12.2 Å². The molecule has 0 saturated carbocycles. The van der Waals surface area contributed by atoms with E-state index >= 15 is 0 Å². The zero-order valence-corrected chi connectivity index (χ0v) is 15.4. The topological polar surface area (TPSA) is 41.9 Å². The molecule has 23 heavy (non-hydrogen) atoms. The van der Waals surface area contributed by atoms with Crippen LogP contribution in [0.1, 0.15) is 31.9 Å². The zero-order valence-electron chi connectivity index (χ0n) is 14.6. The molecule has 1 aromatic carbocycles. The SMILES string of the molecule is Cc1ccc(NC(=S)NC(Cn2cccn2)C(C)(C)C)cc1C.